The van der Waals surface area contributed by atoms with E-state index in [4.69, 9.17) is 11.6 Å². The minimum Gasteiger partial charge on any atom is -0.345 e. The summed E-state index contributed by atoms with van der Waals surface area (Å²) in [7, 11) is -3.54. The fourth-order valence-electron chi connectivity index (χ4n) is 3.82. The van der Waals surface area contributed by atoms with E-state index in [0.29, 0.717) is 42.3 Å². The minimum atomic E-state index is -3.54. The fourth-order valence-corrected chi connectivity index (χ4v) is 5.45. The molecule has 1 fully saturated rings. The van der Waals surface area contributed by atoms with Crippen molar-refractivity contribution in [3.05, 3.63) is 58.6 Å². The first-order chi connectivity index (χ1) is 15.2. The van der Waals surface area contributed by atoms with Gasteiger partial charge in [0.05, 0.1) is 22.2 Å². The van der Waals surface area contributed by atoms with Crippen LogP contribution >= 0.6 is 11.6 Å². The third-order valence-electron chi connectivity index (χ3n) is 5.64. The summed E-state index contributed by atoms with van der Waals surface area (Å²) in [6, 6.07) is 11.0. The van der Waals surface area contributed by atoms with Gasteiger partial charge in [-0.1, -0.05) is 37.6 Å². The summed E-state index contributed by atoms with van der Waals surface area (Å²) in [4.78, 5) is 27.0. The number of hydrogen-bond donors (Lipinski definition) is 1. The van der Waals surface area contributed by atoms with Crippen LogP contribution < -0.4 is 10.2 Å². The molecule has 2 aromatic carbocycles. The highest BCUT2D eigenvalue weighted by Crippen LogP contribution is 2.29. The third kappa shape index (κ3) is 4.98. The van der Waals surface area contributed by atoms with E-state index in [9.17, 15) is 18.0 Å². The van der Waals surface area contributed by atoms with E-state index < -0.39 is 10.0 Å². The fraction of sp³-hybridized carbons (Fsp3) is 0.391. The Morgan fingerprint density at radius 2 is 1.81 bits per heavy atom. The second-order valence-corrected chi connectivity index (χ2v) is 10.0. The molecule has 1 aliphatic heterocycles. The largest absolute Gasteiger partial charge is 0.345 e. The Hall–Kier alpha value is -2.42. The van der Waals surface area contributed by atoms with Crippen LogP contribution in [0.25, 0.3) is 0 Å². The number of sulfonamides is 1. The van der Waals surface area contributed by atoms with E-state index in [1.165, 1.54) is 4.31 Å². The standard InChI is InChI=1S/C23H28ClN3O4S/c1-4-26(5-2)32(30,31)19-11-8-17(9-12-19)16(3)25-23(29)20-13-10-18(24)15-21(20)27-14-6-7-22(27)28/h8-13,15-16H,4-7,14H2,1-3H3,(H,25,29). The van der Waals surface area contributed by atoms with Gasteiger partial charge in [-0.2, -0.15) is 4.31 Å². The maximum atomic E-state index is 13.0. The summed E-state index contributed by atoms with van der Waals surface area (Å²) in [6.45, 7) is 6.77. The number of carbonyl (C=O) groups is 2. The normalized spacial score (nSPS) is 15.3. The van der Waals surface area contributed by atoms with Crippen molar-refractivity contribution in [1.82, 2.24) is 9.62 Å². The molecular weight excluding hydrogens is 450 g/mol. The highest BCUT2D eigenvalue weighted by atomic mass is 35.5. The molecule has 7 nitrogen and oxygen atoms in total. The number of nitrogens with zero attached hydrogens (tertiary/aromatic N) is 2. The van der Waals surface area contributed by atoms with E-state index in [2.05, 4.69) is 5.32 Å². The summed E-state index contributed by atoms with van der Waals surface area (Å²) < 4.78 is 26.7. The summed E-state index contributed by atoms with van der Waals surface area (Å²) in [5.74, 6) is -0.358. The van der Waals surface area contributed by atoms with Crippen LogP contribution in [-0.4, -0.2) is 44.2 Å². The van der Waals surface area contributed by atoms with Gasteiger partial charge in [0.1, 0.15) is 0 Å². The summed E-state index contributed by atoms with van der Waals surface area (Å²) in [6.07, 6.45) is 1.19. The van der Waals surface area contributed by atoms with Gasteiger partial charge in [0.15, 0.2) is 0 Å². The molecule has 0 aromatic heterocycles. The third-order valence-corrected chi connectivity index (χ3v) is 7.94. The average molecular weight is 478 g/mol. The van der Waals surface area contributed by atoms with Crippen molar-refractivity contribution in [1.29, 1.82) is 0 Å². The number of anilines is 1. The Labute approximate surface area is 194 Å². The first kappa shape index (κ1) is 24.2. The zero-order chi connectivity index (χ0) is 23.5. The van der Waals surface area contributed by atoms with Crippen LogP contribution in [0.4, 0.5) is 5.69 Å². The molecule has 1 saturated heterocycles. The van der Waals surface area contributed by atoms with Crippen molar-refractivity contribution in [3.63, 3.8) is 0 Å². The van der Waals surface area contributed by atoms with E-state index in [-0.39, 0.29) is 22.8 Å². The lowest BCUT2D eigenvalue weighted by atomic mass is 10.1. The van der Waals surface area contributed by atoms with Crippen LogP contribution in [-0.2, 0) is 14.8 Å². The molecule has 0 aliphatic carbocycles. The van der Waals surface area contributed by atoms with Gasteiger partial charge in [0, 0.05) is 31.1 Å². The predicted octanol–water partition coefficient (Wildman–Crippen LogP) is 3.99. The number of carbonyl (C=O) groups excluding carboxylic acids is 2. The first-order valence-corrected chi connectivity index (χ1v) is 12.5. The molecule has 1 heterocycles. The van der Waals surface area contributed by atoms with Crippen molar-refractivity contribution in [2.24, 2.45) is 0 Å². The minimum absolute atomic E-state index is 0.0284. The molecule has 32 heavy (non-hydrogen) atoms. The number of nitrogens with one attached hydrogen (secondary N) is 1. The maximum absolute atomic E-state index is 13.0. The molecule has 0 bridgehead atoms. The number of halogens is 1. The molecule has 2 aromatic rings. The Bertz CT molecular complexity index is 1100. The molecule has 1 aliphatic rings. The lowest BCUT2D eigenvalue weighted by Crippen LogP contribution is -2.31. The van der Waals surface area contributed by atoms with E-state index in [1.54, 1.807) is 61.2 Å². The molecule has 2 amide bonds. The van der Waals surface area contributed by atoms with Gasteiger partial charge >= 0.3 is 0 Å². The van der Waals surface area contributed by atoms with Crippen molar-refractivity contribution >= 4 is 39.1 Å². The second-order valence-electron chi connectivity index (χ2n) is 7.66. The zero-order valence-electron chi connectivity index (χ0n) is 18.5. The average Bonchev–Trinajstić information content (AvgIpc) is 3.20. The predicted molar refractivity (Wildman–Crippen MR) is 125 cm³/mol. The Morgan fingerprint density at radius 3 is 2.38 bits per heavy atom. The highest BCUT2D eigenvalue weighted by Gasteiger charge is 2.27. The number of benzene rings is 2. The zero-order valence-corrected chi connectivity index (χ0v) is 20.0. The smallest absolute Gasteiger partial charge is 0.253 e. The van der Waals surface area contributed by atoms with Crippen molar-refractivity contribution in [2.45, 2.75) is 44.6 Å². The van der Waals surface area contributed by atoms with Crippen LogP contribution in [0, 0.1) is 0 Å². The van der Waals surface area contributed by atoms with Gasteiger partial charge in [-0.15, -0.1) is 0 Å². The van der Waals surface area contributed by atoms with Crippen LogP contribution in [0.2, 0.25) is 5.02 Å². The van der Waals surface area contributed by atoms with Crippen molar-refractivity contribution in [2.75, 3.05) is 24.5 Å². The van der Waals surface area contributed by atoms with Crippen LogP contribution in [0.3, 0.4) is 0 Å². The first-order valence-electron chi connectivity index (χ1n) is 10.7. The topological polar surface area (TPSA) is 86.8 Å². The van der Waals surface area contributed by atoms with Gasteiger partial charge in [-0.05, 0) is 49.2 Å². The van der Waals surface area contributed by atoms with E-state index >= 15 is 0 Å². The van der Waals surface area contributed by atoms with E-state index in [1.807, 2.05) is 6.92 Å². The molecule has 172 valence electrons. The molecule has 0 spiro atoms. The molecule has 0 saturated carbocycles. The van der Waals surface area contributed by atoms with Crippen molar-refractivity contribution in [3.8, 4) is 0 Å². The number of amides is 2. The number of hydrogen-bond acceptors (Lipinski definition) is 4. The molecular formula is C23H28ClN3O4S. The number of rotatable bonds is 8. The van der Waals surface area contributed by atoms with E-state index in [0.717, 1.165) is 12.0 Å². The monoisotopic (exact) mass is 477 g/mol. The van der Waals surface area contributed by atoms with Crippen molar-refractivity contribution < 1.29 is 18.0 Å². The molecule has 1 atom stereocenters. The van der Waals surface area contributed by atoms with Gasteiger partial charge in [0.25, 0.3) is 5.91 Å². The molecule has 3 rings (SSSR count). The SMILES string of the molecule is CCN(CC)S(=O)(=O)c1ccc(C(C)NC(=O)c2ccc(Cl)cc2N2CCCC2=O)cc1. The Balaban J connectivity index is 1.79. The molecule has 0 radical (unpaired) electrons. The van der Waals surface area contributed by atoms with Crippen LogP contribution in [0.5, 0.6) is 0 Å². The second kappa shape index (κ2) is 10.0. The Kier molecular flexibility index (Phi) is 7.59. The maximum Gasteiger partial charge on any atom is 0.253 e. The lowest BCUT2D eigenvalue weighted by molar-refractivity contribution is -0.117. The van der Waals surface area contributed by atoms with Gasteiger partial charge < -0.3 is 10.2 Å². The molecule has 1 unspecified atom stereocenters. The lowest BCUT2D eigenvalue weighted by Gasteiger charge is -2.22. The summed E-state index contributed by atoms with van der Waals surface area (Å²) >= 11 is 6.12. The van der Waals surface area contributed by atoms with Gasteiger partial charge in [-0.25, -0.2) is 8.42 Å². The molecule has 1 N–H and O–H groups in total. The summed E-state index contributed by atoms with van der Waals surface area (Å²) in [5.41, 5.74) is 1.65. The van der Waals surface area contributed by atoms with Crippen LogP contribution in [0.15, 0.2) is 47.4 Å². The van der Waals surface area contributed by atoms with Crippen LogP contribution in [0.1, 0.15) is 55.6 Å². The summed E-state index contributed by atoms with van der Waals surface area (Å²) in [5, 5.41) is 3.39. The quantitative estimate of drug-likeness (QED) is 0.622. The van der Waals surface area contributed by atoms with Gasteiger partial charge in [0.2, 0.25) is 15.9 Å². The molecule has 9 heteroatoms. The van der Waals surface area contributed by atoms with Gasteiger partial charge in [-0.3, -0.25) is 9.59 Å². The Morgan fingerprint density at radius 1 is 1.16 bits per heavy atom. The highest BCUT2D eigenvalue weighted by molar-refractivity contribution is 7.89.